The van der Waals surface area contributed by atoms with Crippen molar-refractivity contribution in [2.24, 2.45) is 5.73 Å². The summed E-state index contributed by atoms with van der Waals surface area (Å²) < 4.78 is 25.8. The second-order valence-electron chi connectivity index (χ2n) is 6.27. The molecule has 1 aliphatic heterocycles. The fourth-order valence-corrected chi connectivity index (χ4v) is 3.19. The maximum Gasteiger partial charge on any atom is 1.00 e. The van der Waals surface area contributed by atoms with Gasteiger partial charge in [0.15, 0.2) is 11.4 Å². The molecule has 12 nitrogen and oxygen atoms in total. The van der Waals surface area contributed by atoms with Crippen molar-refractivity contribution in [1.29, 1.82) is 0 Å². The molecule has 1 aliphatic rings. The third-order valence-electron chi connectivity index (χ3n) is 4.25. The fraction of sp³-hybridized carbons (Fsp3) is 0.375. The number of H-pyrrole nitrogens is 1. The Morgan fingerprint density at radius 2 is 1.87 bits per heavy atom. The molecule has 0 radical (unpaired) electrons. The Morgan fingerprint density at radius 1 is 1.23 bits per heavy atom. The first-order chi connectivity index (χ1) is 13.7. The Balaban J connectivity index is 0.00000240. The van der Waals surface area contributed by atoms with Crippen molar-refractivity contribution in [2.45, 2.75) is 31.0 Å². The molecule has 2 aromatic rings. The van der Waals surface area contributed by atoms with Crippen molar-refractivity contribution >= 4 is 13.7 Å². The van der Waals surface area contributed by atoms with Crippen LogP contribution < -0.4 is 79.4 Å². The average Bonchev–Trinajstić information content (AvgIpc) is 3.20. The minimum absolute atomic E-state index is 0. The number of rotatable bonds is 8. The minimum Gasteiger partial charge on any atom is -0.790 e. The fourth-order valence-electron chi connectivity index (χ4n) is 2.86. The van der Waals surface area contributed by atoms with Crippen molar-refractivity contribution in [3.8, 4) is 5.75 Å². The molecule has 3 rings (SSSR count). The van der Waals surface area contributed by atoms with E-state index in [0.717, 1.165) is 5.56 Å². The number of hydrogen-bond acceptors (Lipinski definition) is 10. The van der Waals surface area contributed by atoms with Gasteiger partial charge in [-0.05, 0) is 5.56 Å². The Labute approximate surface area is 221 Å². The van der Waals surface area contributed by atoms with Crippen molar-refractivity contribution in [2.75, 3.05) is 6.61 Å². The van der Waals surface area contributed by atoms with Crippen molar-refractivity contribution < 1.29 is 102 Å². The zero-order valence-electron chi connectivity index (χ0n) is 16.8. The summed E-state index contributed by atoms with van der Waals surface area (Å²) >= 11 is 0. The average molecular weight is 473 g/mol. The van der Waals surface area contributed by atoms with E-state index in [0.29, 0.717) is 0 Å². The third kappa shape index (κ3) is 7.34. The maximum atomic E-state index is 11.7. The Bertz CT molecular complexity index is 911. The van der Waals surface area contributed by atoms with E-state index in [9.17, 15) is 29.4 Å². The van der Waals surface area contributed by atoms with Crippen molar-refractivity contribution in [3.63, 3.8) is 0 Å². The number of hydrogen-bond donors (Lipinski definition) is 4. The van der Waals surface area contributed by atoms with Crippen LogP contribution in [0.2, 0.25) is 0 Å². The van der Waals surface area contributed by atoms with Gasteiger partial charge in [0.25, 0.3) is 5.91 Å². The molecule has 5 N–H and O–H groups in total. The monoisotopic (exact) mass is 473 g/mol. The third-order valence-corrected chi connectivity index (χ3v) is 4.71. The van der Waals surface area contributed by atoms with Gasteiger partial charge in [-0.25, -0.2) is 0 Å². The van der Waals surface area contributed by atoms with E-state index < -0.39 is 44.8 Å². The molecule has 0 unspecified atom stereocenters. The molecule has 1 fully saturated rings. The summed E-state index contributed by atoms with van der Waals surface area (Å²) in [6.45, 7) is -0.757. The molecule has 1 aromatic heterocycles. The Kier molecular flexibility index (Phi) is 11.3. The van der Waals surface area contributed by atoms with Crippen LogP contribution in [0.25, 0.3) is 0 Å². The van der Waals surface area contributed by atoms with Gasteiger partial charge in [-0.2, -0.15) is 5.10 Å². The number of benzene rings is 1. The number of nitrogens with two attached hydrogens (primary N) is 1. The van der Waals surface area contributed by atoms with E-state index in [-0.39, 0.29) is 82.9 Å². The Hall–Kier alpha value is -0.310. The van der Waals surface area contributed by atoms with Gasteiger partial charge in [0.05, 0.1) is 14.4 Å². The van der Waals surface area contributed by atoms with Crippen LogP contribution in [-0.4, -0.2) is 51.2 Å². The normalized spacial score (nSPS) is 23.0. The van der Waals surface area contributed by atoms with E-state index >= 15 is 0 Å². The van der Waals surface area contributed by atoms with Crippen molar-refractivity contribution in [1.82, 2.24) is 10.2 Å². The molecule has 0 saturated carbocycles. The van der Waals surface area contributed by atoms with E-state index in [2.05, 4.69) is 14.7 Å². The van der Waals surface area contributed by atoms with Gasteiger partial charge in [-0.3, -0.25) is 9.89 Å². The van der Waals surface area contributed by atoms with Gasteiger partial charge >= 0.3 is 59.1 Å². The molecule has 2 heterocycles. The first kappa shape index (κ1) is 28.7. The number of phosphoric acid groups is 1. The van der Waals surface area contributed by atoms with E-state index in [4.69, 9.17) is 15.2 Å². The van der Waals surface area contributed by atoms with Crippen LogP contribution in [0, 0.1) is 0 Å². The summed E-state index contributed by atoms with van der Waals surface area (Å²) in [6.07, 6.45) is -5.78. The number of phosphoric ester groups is 1. The zero-order chi connectivity index (χ0) is 21.2. The van der Waals surface area contributed by atoms with Gasteiger partial charge < -0.3 is 44.3 Å². The second-order valence-corrected chi connectivity index (χ2v) is 7.42. The Morgan fingerprint density at radius 3 is 2.45 bits per heavy atom. The summed E-state index contributed by atoms with van der Waals surface area (Å²) in [5, 5.41) is 26.7. The standard InChI is InChI=1S/C16H20N3O9P.2Na/c17-16(22)11-14(26-6-8-4-2-1-3-5-8)10(18-19-11)15-13(21)12(20)9(28-15)7-27-29(23,24)25;;/h1-5,9,12-13,15,20-21H,6-7H2,(H2,17,22)(H,18,19)(H2,23,24,25);;/q;2*+1/p-2/t9-,12-,13-,15+;;/m1../s1. The largest absolute Gasteiger partial charge is 1.00 e. The number of aliphatic hydroxyl groups excluding tert-OH is 2. The molecule has 4 atom stereocenters. The summed E-state index contributed by atoms with van der Waals surface area (Å²) in [4.78, 5) is 33.0. The van der Waals surface area contributed by atoms with Gasteiger partial charge in [0.1, 0.15) is 36.7 Å². The topological polar surface area (TPSA) is 203 Å². The van der Waals surface area contributed by atoms with Crippen LogP contribution in [0.1, 0.15) is 27.8 Å². The zero-order valence-corrected chi connectivity index (χ0v) is 21.7. The summed E-state index contributed by atoms with van der Waals surface area (Å²) in [7, 11) is -5.30. The molecule has 0 aliphatic carbocycles. The summed E-state index contributed by atoms with van der Waals surface area (Å²) in [6, 6.07) is 8.97. The SMILES string of the molecule is NC(=O)c1[nH]nc([C@@H]2O[C@H](COP(=O)([O-])[O-])[C@@H](O)[C@H]2O)c1OCc1ccccc1.[Na+].[Na+]. The molecule has 1 saturated heterocycles. The number of aromatic nitrogens is 2. The molecule has 0 bridgehead atoms. The molecular formula is C16H18N3Na2O9P. The van der Waals surface area contributed by atoms with E-state index in [1.807, 2.05) is 6.07 Å². The number of nitrogens with zero attached hydrogens (tertiary/aromatic N) is 1. The number of amides is 1. The minimum atomic E-state index is -5.30. The molecule has 158 valence electrons. The number of carbonyl (C=O) groups is 1. The molecular weight excluding hydrogens is 455 g/mol. The number of carbonyl (C=O) groups excluding carboxylic acids is 1. The van der Waals surface area contributed by atoms with Gasteiger partial charge in [-0.15, -0.1) is 0 Å². The van der Waals surface area contributed by atoms with Gasteiger partial charge in [0, 0.05) is 0 Å². The molecule has 31 heavy (non-hydrogen) atoms. The van der Waals surface area contributed by atoms with Crippen molar-refractivity contribution in [3.05, 3.63) is 47.3 Å². The smallest absolute Gasteiger partial charge is 0.790 e. The molecule has 15 heteroatoms. The summed E-state index contributed by atoms with van der Waals surface area (Å²) in [5.41, 5.74) is 5.86. The molecule has 1 aromatic carbocycles. The van der Waals surface area contributed by atoms with Gasteiger partial charge in [0.2, 0.25) is 0 Å². The maximum absolute atomic E-state index is 11.7. The van der Waals surface area contributed by atoms with Crippen LogP contribution in [0.3, 0.4) is 0 Å². The van der Waals surface area contributed by atoms with Crippen LogP contribution >= 0.6 is 7.82 Å². The predicted octanol–water partition coefficient (Wildman–Crippen LogP) is -7.90. The van der Waals surface area contributed by atoms with Crippen LogP contribution in [0.5, 0.6) is 5.75 Å². The molecule has 0 spiro atoms. The summed E-state index contributed by atoms with van der Waals surface area (Å²) in [5.74, 6) is -0.962. The number of ether oxygens (including phenoxy) is 2. The quantitative estimate of drug-likeness (QED) is 0.211. The number of aromatic amines is 1. The van der Waals surface area contributed by atoms with Crippen LogP contribution in [0.15, 0.2) is 30.3 Å². The van der Waals surface area contributed by atoms with Gasteiger partial charge in [-0.1, -0.05) is 30.3 Å². The first-order valence-electron chi connectivity index (χ1n) is 8.40. The predicted molar refractivity (Wildman–Crippen MR) is 91.1 cm³/mol. The number of primary amides is 1. The number of nitrogens with one attached hydrogen (secondary N) is 1. The molecule has 1 amide bonds. The van der Waals surface area contributed by atoms with Crippen LogP contribution in [0.4, 0.5) is 0 Å². The number of aliphatic hydroxyl groups is 2. The van der Waals surface area contributed by atoms with E-state index in [1.165, 1.54) is 0 Å². The second kappa shape index (κ2) is 12.2. The first-order valence-corrected chi connectivity index (χ1v) is 9.86. The van der Waals surface area contributed by atoms with E-state index in [1.54, 1.807) is 24.3 Å². The van der Waals surface area contributed by atoms with Crippen LogP contribution in [-0.2, 0) is 20.4 Å².